The van der Waals surface area contributed by atoms with Gasteiger partial charge in [0, 0.05) is 5.92 Å². The molecule has 0 radical (unpaired) electrons. The summed E-state index contributed by atoms with van der Waals surface area (Å²) < 4.78 is 1.18. The third-order valence-corrected chi connectivity index (χ3v) is 6.46. The Hall–Kier alpha value is -1.42. The standard InChI is InChI=1S/C16H19NO2S/c1-15(2)10(8-9-16(15,3)14(18)19)13-17-11-6-4-5-7-12(11)20-13/h4-7,10H,8-9H2,1-3H3,(H,18,19)/t10-,16-/m1/s1. The van der Waals surface area contributed by atoms with Gasteiger partial charge in [0.05, 0.1) is 20.6 Å². The van der Waals surface area contributed by atoms with E-state index in [-0.39, 0.29) is 11.3 Å². The lowest BCUT2D eigenvalue weighted by Crippen LogP contribution is -2.39. The van der Waals surface area contributed by atoms with E-state index in [1.54, 1.807) is 11.3 Å². The minimum absolute atomic E-state index is 0.223. The molecule has 0 spiro atoms. The average Bonchev–Trinajstić information content (AvgIpc) is 2.90. The number of aliphatic carboxylic acids is 1. The predicted molar refractivity (Wildman–Crippen MR) is 81.1 cm³/mol. The molecule has 3 nitrogen and oxygen atoms in total. The number of hydrogen-bond acceptors (Lipinski definition) is 3. The number of rotatable bonds is 2. The van der Waals surface area contributed by atoms with E-state index in [9.17, 15) is 9.90 Å². The maximum atomic E-state index is 11.7. The summed E-state index contributed by atoms with van der Waals surface area (Å²) in [5.41, 5.74) is 0.0645. The van der Waals surface area contributed by atoms with Crippen LogP contribution in [0, 0.1) is 10.8 Å². The molecule has 2 atom stereocenters. The molecule has 1 heterocycles. The molecule has 1 aliphatic rings. The highest BCUT2D eigenvalue weighted by Crippen LogP contribution is 2.60. The number of carbonyl (C=O) groups is 1. The Morgan fingerprint density at radius 3 is 2.65 bits per heavy atom. The Bertz CT molecular complexity index is 643. The van der Waals surface area contributed by atoms with Crippen LogP contribution in [0.4, 0.5) is 0 Å². The molecule has 1 aromatic heterocycles. The predicted octanol–water partition coefficient (Wildman–Crippen LogP) is 4.29. The van der Waals surface area contributed by atoms with Crippen LogP contribution in [-0.2, 0) is 4.79 Å². The van der Waals surface area contributed by atoms with Gasteiger partial charge in [0.15, 0.2) is 0 Å². The monoisotopic (exact) mass is 289 g/mol. The normalized spacial score (nSPS) is 28.9. The highest BCUT2D eigenvalue weighted by atomic mass is 32.1. The summed E-state index contributed by atoms with van der Waals surface area (Å²) in [7, 11) is 0. The zero-order valence-corrected chi connectivity index (χ0v) is 12.8. The first-order valence-corrected chi connectivity index (χ1v) is 7.77. The van der Waals surface area contributed by atoms with Crippen LogP contribution in [0.2, 0.25) is 0 Å². The zero-order chi connectivity index (χ0) is 14.5. The summed E-state index contributed by atoms with van der Waals surface area (Å²) in [6.07, 6.45) is 1.62. The summed E-state index contributed by atoms with van der Waals surface area (Å²) >= 11 is 1.71. The number of benzene rings is 1. The molecular formula is C16H19NO2S. The van der Waals surface area contributed by atoms with Crippen molar-refractivity contribution in [1.29, 1.82) is 0 Å². The fourth-order valence-corrected chi connectivity index (χ4v) is 4.64. The zero-order valence-electron chi connectivity index (χ0n) is 12.0. The lowest BCUT2D eigenvalue weighted by molar-refractivity contribution is -0.153. The molecule has 4 heteroatoms. The van der Waals surface area contributed by atoms with Gasteiger partial charge < -0.3 is 5.11 Å². The van der Waals surface area contributed by atoms with Gasteiger partial charge in [-0.25, -0.2) is 4.98 Å². The Morgan fingerprint density at radius 2 is 2.05 bits per heavy atom. The second kappa shape index (κ2) is 4.29. The number of hydrogen-bond donors (Lipinski definition) is 1. The van der Waals surface area contributed by atoms with E-state index in [4.69, 9.17) is 4.98 Å². The fraction of sp³-hybridized carbons (Fsp3) is 0.500. The van der Waals surface area contributed by atoms with Crippen LogP contribution in [0.5, 0.6) is 0 Å². The lowest BCUT2D eigenvalue weighted by Gasteiger charge is -2.37. The number of thiazole rings is 1. The van der Waals surface area contributed by atoms with E-state index >= 15 is 0 Å². The Labute approximate surface area is 122 Å². The van der Waals surface area contributed by atoms with Crippen molar-refractivity contribution in [3.8, 4) is 0 Å². The van der Waals surface area contributed by atoms with E-state index in [0.29, 0.717) is 0 Å². The summed E-state index contributed by atoms with van der Waals surface area (Å²) in [6.45, 7) is 6.03. The number of para-hydroxylation sites is 1. The number of nitrogens with zero attached hydrogens (tertiary/aromatic N) is 1. The molecule has 0 aliphatic heterocycles. The first-order valence-electron chi connectivity index (χ1n) is 6.95. The molecule has 106 valence electrons. The number of fused-ring (bicyclic) bond motifs is 1. The molecule has 1 saturated carbocycles. The van der Waals surface area contributed by atoms with Crippen molar-refractivity contribution in [3.63, 3.8) is 0 Å². The Morgan fingerprint density at radius 1 is 1.35 bits per heavy atom. The summed E-state index contributed by atoms with van der Waals surface area (Å²) in [4.78, 5) is 16.4. The van der Waals surface area contributed by atoms with Gasteiger partial charge in [0.25, 0.3) is 0 Å². The minimum Gasteiger partial charge on any atom is -0.481 e. The van der Waals surface area contributed by atoms with Crippen LogP contribution in [0.15, 0.2) is 24.3 Å². The highest BCUT2D eigenvalue weighted by molar-refractivity contribution is 7.18. The average molecular weight is 289 g/mol. The molecule has 2 aromatic rings. The van der Waals surface area contributed by atoms with E-state index < -0.39 is 11.4 Å². The third kappa shape index (κ3) is 1.71. The molecule has 0 unspecified atom stereocenters. The van der Waals surface area contributed by atoms with Gasteiger partial charge in [-0.15, -0.1) is 11.3 Å². The van der Waals surface area contributed by atoms with Crippen LogP contribution in [0.25, 0.3) is 10.2 Å². The second-order valence-electron chi connectivity index (χ2n) is 6.47. The topological polar surface area (TPSA) is 50.2 Å². The lowest BCUT2D eigenvalue weighted by atomic mass is 9.66. The third-order valence-electron chi connectivity index (χ3n) is 5.31. The van der Waals surface area contributed by atoms with E-state index in [0.717, 1.165) is 23.4 Å². The van der Waals surface area contributed by atoms with Gasteiger partial charge in [0.2, 0.25) is 0 Å². The number of carboxylic acid groups (broad SMARTS) is 1. The molecule has 1 aromatic carbocycles. The molecular weight excluding hydrogens is 270 g/mol. The van der Waals surface area contributed by atoms with Crippen molar-refractivity contribution >= 4 is 27.5 Å². The van der Waals surface area contributed by atoms with E-state index in [1.807, 2.05) is 25.1 Å². The van der Waals surface area contributed by atoms with Crippen molar-refractivity contribution in [2.45, 2.75) is 39.5 Å². The van der Waals surface area contributed by atoms with Crippen LogP contribution < -0.4 is 0 Å². The van der Waals surface area contributed by atoms with Crippen molar-refractivity contribution in [2.24, 2.45) is 10.8 Å². The van der Waals surface area contributed by atoms with Gasteiger partial charge >= 0.3 is 5.97 Å². The van der Waals surface area contributed by atoms with E-state index in [2.05, 4.69) is 19.9 Å². The van der Waals surface area contributed by atoms with Crippen LogP contribution >= 0.6 is 11.3 Å². The molecule has 1 aliphatic carbocycles. The Balaban J connectivity index is 2.05. The number of carboxylic acids is 1. The van der Waals surface area contributed by atoms with Crippen LogP contribution in [-0.4, -0.2) is 16.1 Å². The van der Waals surface area contributed by atoms with Crippen molar-refractivity contribution in [2.75, 3.05) is 0 Å². The molecule has 1 fully saturated rings. The fourth-order valence-electron chi connectivity index (χ4n) is 3.35. The van der Waals surface area contributed by atoms with Crippen LogP contribution in [0.3, 0.4) is 0 Å². The largest absolute Gasteiger partial charge is 0.481 e. The molecule has 3 rings (SSSR count). The highest BCUT2D eigenvalue weighted by Gasteiger charge is 2.57. The first-order chi connectivity index (χ1) is 9.36. The van der Waals surface area contributed by atoms with Crippen molar-refractivity contribution in [3.05, 3.63) is 29.3 Å². The maximum absolute atomic E-state index is 11.7. The van der Waals surface area contributed by atoms with Gasteiger partial charge in [0.1, 0.15) is 0 Å². The first kappa shape index (κ1) is 13.6. The SMILES string of the molecule is CC1(C)[C@@H](c2nc3ccccc3s2)CC[C@]1(C)C(=O)O. The molecule has 0 saturated heterocycles. The molecule has 0 bridgehead atoms. The van der Waals surface area contributed by atoms with Gasteiger partial charge in [-0.3, -0.25) is 4.79 Å². The van der Waals surface area contributed by atoms with Gasteiger partial charge in [-0.2, -0.15) is 0 Å². The number of aromatic nitrogens is 1. The second-order valence-corrected chi connectivity index (χ2v) is 7.53. The minimum atomic E-state index is -0.689. The maximum Gasteiger partial charge on any atom is 0.309 e. The molecule has 1 N–H and O–H groups in total. The van der Waals surface area contributed by atoms with E-state index in [1.165, 1.54) is 4.70 Å². The van der Waals surface area contributed by atoms with Crippen molar-refractivity contribution < 1.29 is 9.90 Å². The van der Waals surface area contributed by atoms with Crippen molar-refractivity contribution in [1.82, 2.24) is 4.98 Å². The Kier molecular flexibility index (Phi) is 2.91. The summed E-state index contributed by atoms with van der Waals surface area (Å²) in [5, 5.41) is 10.7. The molecule has 20 heavy (non-hydrogen) atoms. The summed E-state index contributed by atoms with van der Waals surface area (Å²) in [5.74, 6) is -0.466. The molecule has 0 amide bonds. The summed E-state index contributed by atoms with van der Waals surface area (Å²) in [6, 6.07) is 8.11. The van der Waals surface area contributed by atoms with Crippen LogP contribution in [0.1, 0.15) is 44.5 Å². The quantitative estimate of drug-likeness (QED) is 0.897. The smallest absolute Gasteiger partial charge is 0.309 e. The van der Waals surface area contributed by atoms with Gasteiger partial charge in [-0.05, 0) is 37.3 Å². The van der Waals surface area contributed by atoms with Gasteiger partial charge in [-0.1, -0.05) is 26.0 Å².